The van der Waals surface area contributed by atoms with Gasteiger partial charge in [0, 0.05) is 23.9 Å². The molecular formula is C26H19N3O5. The number of nitrogens with zero attached hydrogens (tertiary/aromatic N) is 3. The normalized spacial score (nSPS) is 11.6. The van der Waals surface area contributed by atoms with Crippen molar-refractivity contribution in [2.45, 2.75) is 13.3 Å². The molecule has 0 unspecified atom stereocenters. The summed E-state index contributed by atoms with van der Waals surface area (Å²) >= 11 is 0. The molecular weight excluding hydrogens is 434 g/mol. The van der Waals surface area contributed by atoms with E-state index in [9.17, 15) is 20.3 Å². The van der Waals surface area contributed by atoms with Gasteiger partial charge in [-0.1, -0.05) is 19.1 Å². The summed E-state index contributed by atoms with van der Waals surface area (Å²) in [5.74, 6) is 0.273. The van der Waals surface area contributed by atoms with Crippen molar-refractivity contribution in [3.8, 4) is 23.0 Å². The van der Waals surface area contributed by atoms with E-state index in [0.29, 0.717) is 38.7 Å². The van der Waals surface area contributed by atoms with Crippen molar-refractivity contribution in [2.24, 2.45) is 4.99 Å². The first-order valence-electron chi connectivity index (χ1n) is 10.6. The number of oxazole rings is 1. The number of benzene rings is 4. The Balaban J connectivity index is 1.53. The van der Waals surface area contributed by atoms with Crippen LogP contribution in [0.25, 0.3) is 33.3 Å². The van der Waals surface area contributed by atoms with Gasteiger partial charge in [0.15, 0.2) is 5.58 Å². The fourth-order valence-corrected chi connectivity index (χ4v) is 3.80. The maximum Gasteiger partial charge on any atom is 0.270 e. The standard InChI is InChI=1S/C26H19N3O5/c1-2-15-3-10-25-22(11-15)28-26(34-25)20-13-17(5-9-23(20)30)27-14-21-19-7-6-18(29(32)33)12-16(19)4-8-24(21)31/h3-14,30-31H,2H2,1H3. The zero-order valence-electron chi connectivity index (χ0n) is 18.1. The minimum absolute atomic E-state index is 0.00142. The number of hydrogen-bond donors (Lipinski definition) is 2. The number of hydrogen-bond acceptors (Lipinski definition) is 7. The van der Waals surface area contributed by atoms with E-state index in [1.54, 1.807) is 24.3 Å². The molecule has 5 rings (SSSR count). The Hall–Kier alpha value is -4.72. The number of aromatic hydroxyl groups is 2. The van der Waals surface area contributed by atoms with Crippen LogP contribution < -0.4 is 0 Å². The zero-order valence-corrected chi connectivity index (χ0v) is 18.1. The largest absolute Gasteiger partial charge is 0.507 e. The summed E-state index contributed by atoms with van der Waals surface area (Å²) < 4.78 is 5.84. The summed E-state index contributed by atoms with van der Waals surface area (Å²) in [5.41, 5.74) is 3.75. The van der Waals surface area contributed by atoms with Gasteiger partial charge in [-0.2, -0.15) is 0 Å². The third-order valence-electron chi connectivity index (χ3n) is 5.65. The average Bonchev–Trinajstić information content (AvgIpc) is 3.27. The van der Waals surface area contributed by atoms with Crippen molar-refractivity contribution < 1.29 is 19.6 Å². The van der Waals surface area contributed by atoms with Gasteiger partial charge in [0.1, 0.15) is 17.0 Å². The molecule has 0 radical (unpaired) electrons. The van der Waals surface area contributed by atoms with E-state index in [4.69, 9.17) is 4.42 Å². The fraction of sp³-hybridized carbons (Fsp3) is 0.0769. The van der Waals surface area contributed by atoms with Crippen molar-refractivity contribution in [1.29, 1.82) is 0 Å². The SMILES string of the molecule is CCc1ccc2oc(-c3cc(N=Cc4c(O)ccc5cc([N+](=O)[O-])ccc45)ccc3O)nc2c1. The first kappa shape index (κ1) is 21.1. The molecule has 0 amide bonds. The fourth-order valence-electron chi connectivity index (χ4n) is 3.80. The number of fused-ring (bicyclic) bond motifs is 2. The Bertz CT molecular complexity index is 1600. The second kappa shape index (κ2) is 8.32. The second-order valence-corrected chi connectivity index (χ2v) is 7.80. The van der Waals surface area contributed by atoms with E-state index in [1.807, 2.05) is 18.2 Å². The topological polar surface area (TPSA) is 122 Å². The zero-order chi connectivity index (χ0) is 23.8. The van der Waals surface area contributed by atoms with E-state index in [1.165, 1.54) is 30.5 Å². The van der Waals surface area contributed by atoms with Crippen molar-refractivity contribution in [3.63, 3.8) is 0 Å². The maximum atomic E-state index is 11.1. The van der Waals surface area contributed by atoms with Gasteiger partial charge in [0.25, 0.3) is 5.69 Å². The molecule has 0 bridgehead atoms. The van der Waals surface area contributed by atoms with Crippen LogP contribution in [0.3, 0.4) is 0 Å². The van der Waals surface area contributed by atoms with E-state index in [2.05, 4.69) is 16.9 Å². The number of nitro benzene ring substituents is 1. The molecule has 0 saturated carbocycles. The van der Waals surface area contributed by atoms with Crippen LogP contribution in [0.5, 0.6) is 11.5 Å². The van der Waals surface area contributed by atoms with Crippen molar-refractivity contribution >= 4 is 39.5 Å². The van der Waals surface area contributed by atoms with Gasteiger partial charge in [-0.15, -0.1) is 0 Å². The first-order chi connectivity index (χ1) is 16.4. The highest BCUT2D eigenvalue weighted by Gasteiger charge is 2.14. The van der Waals surface area contributed by atoms with Gasteiger partial charge in [-0.3, -0.25) is 15.1 Å². The van der Waals surface area contributed by atoms with Gasteiger partial charge in [0.2, 0.25) is 5.89 Å². The molecule has 0 aliphatic heterocycles. The molecule has 0 atom stereocenters. The van der Waals surface area contributed by atoms with Crippen LogP contribution in [0.15, 0.2) is 76.1 Å². The molecule has 0 saturated heterocycles. The average molecular weight is 453 g/mol. The number of aromatic nitrogens is 1. The van der Waals surface area contributed by atoms with E-state index >= 15 is 0 Å². The van der Waals surface area contributed by atoms with Crippen LogP contribution in [0.1, 0.15) is 18.1 Å². The Morgan fingerprint density at radius 2 is 1.85 bits per heavy atom. The van der Waals surface area contributed by atoms with E-state index in [0.717, 1.165) is 12.0 Å². The number of aryl methyl sites for hydroxylation is 1. The number of aliphatic imine (C=N–C) groups is 1. The molecule has 1 heterocycles. The third-order valence-corrected chi connectivity index (χ3v) is 5.65. The van der Waals surface area contributed by atoms with Crippen molar-refractivity contribution in [2.75, 3.05) is 0 Å². The number of nitro groups is 1. The predicted molar refractivity (Wildman–Crippen MR) is 130 cm³/mol. The molecule has 0 aliphatic carbocycles. The highest BCUT2D eigenvalue weighted by atomic mass is 16.6. The number of phenolic OH excluding ortho intramolecular Hbond substituents is 2. The Morgan fingerprint density at radius 3 is 2.65 bits per heavy atom. The summed E-state index contributed by atoms with van der Waals surface area (Å²) in [7, 11) is 0. The summed E-state index contributed by atoms with van der Waals surface area (Å²) in [4.78, 5) is 19.6. The second-order valence-electron chi connectivity index (χ2n) is 7.80. The summed E-state index contributed by atoms with van der Waals surface area (Å²) in [6.45, 7) is 2.06. The lowest BCUT2D eigenvalue weighted by Crippen LogP contribution is -1.90. The molecule has 4 aromatic carbocycles. The Morgan fingerprint density at radius 1 is 1.03 bits per heavy atom. The lowest BCUT2D eigenvalue weighted by molar-refractivity contribution is -0.384. The lowest BCUT2D eigenvalue weighted by atomic mass is 10.0. The number of non-ortho nitro benzene ring substituents is 1. The molecule has 34 heavy (non-hydrogen) atoms. The van der Waals surface area contributed by atoms with Gasteiger partial charge >= 0.3 is 0 Å². The molecule has 8 nitrogen and oxygen atoms in total. The minimum Gasteiger partial charge on any atom is -0.507 e. The summed E-state index contributed by atoms with van der Waals surface area (Å²) in [6.07, 6.45) is 2.36. The van der Waals surface area contributed by atoms with Gasteiger partial charge in [-0.25, -0.2) is 4.98 Å². The van der Waals surface area contributed by atoms with Crippen LogP contribution in [-0.2, 0) is 6.42 Å². The summed E-state index contributed by atoms with van der Waals surface area (Å²) in [6, 6.07) is 18.1. The molecule has 168 valence electrons. The highest BCUT2D eigenvalue weighted by Crippen LogP contribution is 2.35. The van der Waals surface area contributed by atoms with Gasteiger partial charge in [-0.05, 0) is 65.2 Å². The predicted octanol–water partition coefficient (Wildman–Crippen LogP) is 6.28. The molecule has 8 heteroatoms. The number of rotatable bonds is 5. The Labute approximate surface area is 193 Å². The smallest absolute Gasteiger partial charge is 0.270 e. The Kier molecular flexibility index (Phi) is 5.18. The van der Waals surface area contributed by atoms with E-state index < -0.39 is 4.92 Å². The van der Waals surface area contributed by atoms with E-state index in [-0.39, 0.29) is 23.1 Å². The van der Waals surface area contributed by atoms with Gasteiger partial charge < -0.3 is 14.6 Å². The lowest BCUT2D eigenvalue weighted by Gasteiger charge is -2.06. The quantitative estimate of drug-likeness (QED) is 0.183. The molecule has 5 aromatic rings. The van der Waals surface area contributed by atoms with Crippen molar-refractivity contribution in [3.05, 3.63) is 88.0 Å². The van der Waals surface area contributed by atoms with Crippen LogP contribution >= 0.6 is 0 Å². The minimum atomic E-state index is -0.465. The third kappa shape index (κ3) is 3.81. The van der Waals surface area contributed by atoms with Crippen LogP contribution in [0.2, 0.25) is 0 Å². The molecule has 0 spiro atoms. The monoisotopic (exact) mass is 453 g/mol. The van der Waals surface area contributed by atoms with Crippen LogP contribution in [0, 0.1) is 10.1 Å². The first-order valence-corrected chi connectivity index (χ1v) is 10.6. The van der Waals surface area contributed by atoms with Crippen LogP contribution in [-0.4, -0.2) is 26.3 Å². The van der Waals surface area contributed by atoms with Gasteiger partial charge in [0.05, 0.1) is 16.2 Å². The highest BCUT2D eigenvalue weighted by molar-refractivity contribution is 6.03. The van der Waals surface area contributed by atoms with Crippen molar-refractivity contribution in [1.82, 2.24) is 4.98 Å². The molecule has 2 N–H and O–H groups in total. The molecule has 1 aromatic heterocycles. The summed E-state index contributed by atoms with van der Waals surface area (Å²) in [5, 5.41) is 33.1. The van der Waals surface area contributed by atoms with Crippen LogP contribution in [0.4, 0.5) is 11.4 Å². The molecule has 0 fully saturated rings. The maximum absolute atomic E-state index is 11.1. The molecule has 0 aliphatic rings. The number of phenols is 2.